The Kier molecular flexibility index (Phi) is 3.84. The maximum absolute atomic E-state index is 13.5. The van der Waals surface area contributed by atoms with Gasteiger partial charge in [-0.05, 0) is 24.6 Å². The predicted molar refractivity (Wildman–Crippen MR) is 54.7 cm³/mol. The van der Waals surface area contributed by atoms with Crippen molar-refractivity contribution in [3.63, 3.8) is 0 Å². The molecule has 1 unspecified atom stereocenters. The van der Waals surface area contributed by atoms with Gasteiger partial charge >= 0.3 is 5.97 Å². The third-order valence-corrected chi connectivity index (χ3v) is 2.14. The smallest absolute Gasteiger partial charge is 0.339 e. The van der Waals surface area contributed by atoms with Crippen LogP contribution in [0.25, 0.3) is 0 Å². The van der Waals surface area contributed by atoms with Gasteiger partial charge in [-0.25, -0.2) is 9.18 Å². The van der Waals surface area contributed by atoms with Crippen LogP contribution in [0.2, 0.25) is 0 Å². The second kappa shape index (κ2) is 4.94. The summed E-state index contributed by atoms with van der Waals surface area (Å²) in [5.74, 6) is -1.63. The highest BCUT2D eigenvalue weighted by Crippen LogP contribution is 2.30. The average Bonchev–Trinajstić information content (AvgIpc) is 2.26. The summed E-state index contributed by atoms with van der Waals surface area (Å²) in [6.07, 6.45) is -1.55. The second-order valence-corrected chi connectivity index (χ2v) is 3.29. The quantitative estimate of drug-likeness (QED) is 0.793. The average molecular weight is 228 g/mol. The van der Waals surface area contributed by atoms with Crippen molar-refractivity contribution in [2.75, 3.05) is 14.2 Å². The SMILES string of the molecule is COC(=O)C(O)c1cc(C)cc(F)c1OC. The molecule has 0 heterocycles. The first-order valence-corrected chi connectivity index (χ1v) is 4.61. The molecule has 0 bridgehead atoms. The van der Waals surface area contributed by atoms with Crippen LogP contribution < -0.4 is 4.74 Å². The summed E-state index contributed by atoms with van der Waals surface area (Å²) in [5.41, 5.74) is 0.642. The van der Waals surface area contributed by atoms with Crippen LogP contribution in [-0.2, 0) is 9.53 Å². The monoisotopic (exact) mass is 228 g/mol. The van der Waals surface area contributed by atoms with Gasteiger partial charge in [0, 0.05) is 5.56 Å². The van der Waals surface area contributed by atoms with Gasteiger partial charge in [0.2, 0.25) is 0 Å². The fourth-order valence-electron chi connectivity index (χ4n) is 1.41. The van der Waals surface area contributed by atoms with Crippen molar-refractivity contribution < 1.29 is 23.8 Å². The highest BCUT2D eigenvalue weighted by molar-refractivity contribution is 5.77. The first-order chi connectivity index (χ1) is 7.51. The molecule has 0 amide bonds. The van der Waals surface area contributed by atoms with Crippen LogP contribution in [-0.4, -0.2) is 25.3 Å². The minimum atomic E-state index is -1.55. The van der Waals surface area contributed by atoms with Gasteiger partial charge in [-0.15, -0.1) is 0 Å². The summed E-state index contributed by atoms with van der Waals surface area (Å²) >= 11 is 0. The first-order valence-electron chi connectivity index (χ1n) is 4.61. The Bertz CT molecular complexity index is 403. The van der Waals surface area contributed by atoms with Crippen LogP contribution in [0.1, 0.15) is 17.2 Å². The molecule has 0 spiro atoms. The number of aryl methyl sites for hydroxylation is 1. The lowest BCUT2D eigenvalue weighted by molar-refractivity contribution is -0.150. The summed E-state index contributed by atoms with van der Waals surface area (Å²) in [5, 5.41) is 9.63. The highest BCUT2D eigenvalue weighted by Gasteiger charge is 2.24. The normalized spacial score (nSPS) is 12.1. The molecular formula is C11H13FO4. The Morgan fingerprint density at radius 1 is 1.44 bits per heavy atom. The largest absolute Gasteiger partial charge is 0.493 e. The standard InChI is InChI=1S/C11H13FO4/c1-6-4-7(9(13)11(14)16-3)10(15-2)8(12)5-6/h4-5,9,13H,1-3H3. The number of hydrogen-bond acceptors (Lipinski definition) is 4. The number of aliphatic hydroxyl groups is 1. The predicted octanol–water partition coefficient (Wildman–Crippen LogP) is 1.35. The van der Waals surface area contributed by atoms with Gasteiger partial charge in [0.15, 0.2) is 17.7 Å². The van der Waals surface area contributed by atoms with Crippen molar-refractivity contribution >= 4 is 5.97 Å². The van der Waals surface area contributed by atoms with E-state index >= 15 is 0 Å². The third kappa shape index (κ3) is 2.30. The van der Waals surface area contributed by atoms with E-state index in [2.05, 4.69) is 4.74 Å². The number of ether oxygens (including phenoxy) is 2. The molecule has 0 aliphatic carbocycles. The van der Waals surface area contributed by atoms with E-state index in [1.807, 2.05) is 0 Å². The number of esters is 1. The molecule has 5 heteroatoms. The zero-order valence-electron chi connectivity index (χ0n) is 9.28. The van der Waals surface area contributed by atoms with Crippen LogP contribution in [0.4, 0.5) is 4.39 Å². The van der Waals surface area contributed by atoms with E-state index in [4.69, 9.17) is 4.74 Å². The molecule has 0 aromatic heterocycles. The molecular weight excluding hydrogens is 215 g/mol. The molecule has 0 fully saturated rings. The van der Waals surface area contributed by atoms with Gasteiger partial charge in [-0.1, -0.05) is 0 Å². The lowest BCUT2D eigenvalue weighted by Gasteiger charge is -2.14. The Hall–Kier alpha value is -1.62. The lowest BCUT2D eigenvalue weighted by Crippen LogP contribution is -2.15. The molecule has 0 radical (unpaired) electrons. The van der Waals surface area contributed by atoms with Gasteiger partial charge in [0.05, 0.1) is 14.2 Å². The molecule has 4 nitrogen and oxygen atoms in total. The Morgan fingerprint density at radius 3 is 2.56 bits per heavy atom. The molecule has 0 saturated carbocycles. The van der Waals surface area contributed by atoms with E-state index < -0.39 is 17.9 Å². The van der Waals surface area contributed by atoms with Crippen LogP contribution in [0.3, 0.4) is 0 Å². The Morgan fingerprint density at radius 2 is 2.06 bits per heavy atom. The van der Waals surface area contributed by atoms with Crippen molar-refractivity contribution in [3.8, 4) is 5.75 Å². The molecule has 1 aromatic carbocycles. The van der Waals surface area contributed by atoms with Crippen LogP contribution in [0.15, 0.2) is 12.1 Å². The number of benzene rings is 1. The minimum absolute atomic E-state index is 0.0619. The van der Waals surface area contributed by atoms with E-state index in [0.717, 1.165) is 7.11 Å². The highest BCUT2D eigenvalue weighted by atomic mass is 19.1. The van der Waals surface area contributed by atoms with Crippen molar-refractivity contribution in [2.45, 2.75) is 13.0 Å². The summed E-state index contributed by atoms with van der Waals surface area (Å²) in [6.45, 7) is 1.65. The van der Waals surface area contributed by atoms with E-state index in [1.54, 1.807) is 6.92 Å². The molecule has 1 N–H and O–H groups in total. The number of hydrogen-bond donors (Lipinski definition) is 1. The molecule has 1 aromatic rings. The maximum atomic E-state index is 13.5. The molecule has 16 heavy (non-hydrogen) atoms. The maximum Gasteiger partial charge on any atom is 0.339 e. The summed E-state index contributed by atoms with van der Waals surface area (Å²) in [6, 6.07) is 2.73. The van der Waals surface area contributed by atoms with Crippen molar-refractivity contribution in [1.82, 2.24) is 0 Å². The molecule has 0 aliphatic rings. The zero-order valence-corrected chi connectivity index (χ0v) is 9.28. The number of rotatable bonds is 3. The van der Waals surface area contributed by atoms with Crippen molar-refractivity contribution in [1.29, 1.82) is 0 Å². The van der Waals surface area contributed by atoms with Gasteiger partial charge < -0.3 is 14.6 Å². The summed E-state index contributed by atoms with van der Waals surface area (Å²) in [7, 11) is 2.41. The van der Waals surface area contributed by atoms with E-state index in [9.17, 15) is 14.3 Å². The number of carbonyl (C=O) groups is 1. The number of aliphatic hydroxyl groups excluding tert-OH is 1. The van der Waals surface area contributed by atoms with E-state index in [1.165, 1.54) is 19.2 Å². The van der Waals surface area contributed by atoms with Crippen molar-refractivity contribution in [3.05, 3.63) is 29.1 Å². The lowest BCUT2D eigenvalue weighted by atomic mass is 10.0. The van der Waals surface area contributed by atoms with Gasteiger partial charge in [-0.2, -0.15) is 0 Å². The Labute approximate surface area is 92.6 Å². The molecule has 0 saturated heterocycles. The summed E-state index contributed by atoms with van der Waals surface area (Å²) < 4.78 is 22.6. The zero-order chi connectivity index (χ0) is 12.3. The fraction of sp³-hybridized carbons (Fsp3) is 0.364. The van der Waals surface area contributed by atoms with E-state index in [-0.39, 0.29) is 11.3 Å². The number of methoxy groups -OCH3 is 2. The molecule has 1 atom stereocenters. The number of halogens is 1. The third-order valence-electron chi connectivity index (χ3n) is 2.14. The van der Waals surface area contributed by atoms with Crippen LogP contribution in [0.5, 0.6) is 5.75 Å². The topological polar surface area (TPSA) is 55.8 Å². The Balaban J connectivity index is 3.25. The van der Waals surface area contributed by atoms with E-state index in [0.29, 0.717) is 5.56 Å². The first kappa shape index (κ1) is 12.4. The van der Waals surface area contributed by atoms with Gasteiger partial charge in [0.25, 0.3) is 0 Å². The van der Waals surface area contributed by atoms with Crippen molar-refractivity contribution in [2.24, 2.45) is 0 Å². The van der Waals surface area contributed by atoms with Crippen LogP contribution >= 0.6 is 0 Å². The van der Waals surface area contributed by atoms with Gasteiger partial charge in [0.1, 0.15) is 0 Å². The summed E-state index contributed by atoms with van der Waals surface area (Å²) in [4.78, 5) is 11.2. The molecule has 1 rings (SSSR count). The number of carbonyl (C=O) groups excluding carboxylic acids is 1. The minimum Gasteiger partial charge on any atom is -0.493 e. The van der Waals surface area contributed by atoms with Crippen LogP contribution in [0, 0.1) is 12.7 Å². The molecule has 88 valence electrons. The molecule has 0 aliphatic heterocycles. The van der Waals surface area contributed by atoms with Gasteiger partial charge in [-0.3, -0.25) is 0 Å². The second-order valence-electron chi connectivity index (χ2n) is 3.29. The fourth-order valence-corrected chi connectivity index (χ4v) is 1.41.